The average Bonchev–Trinajstić information content (AvgIpc) is 2.56. The van der Waals surface area contributed by atoms with Gasteiger partial charge in [-0.1, -0.05) is 18.2 Å². The summed E-state index contributed by atoms with van der Waals surface area (Å²) in [7, 11) is 0. The van der Waals surface area contributed by atoms with Crippen molar-refractivity contribution in [2.45, 2.75) is 13.8 Å². The van der Waals surface area contributed by atoms with Gasteiger partial charge in [-0.3, -0.25) is 9.59 Å². The first-order chi connectivity index (χ1) is 11.5. The molecule has 0 unspecified atom stereocenters. The molecule has 0 aliphatic rings. The van der Waals surface area contributed by atoms with Crippen molar-refractivity contribution < 1.29 is 14.3 Å². The van der Waals surface area contributed by atoms with E-state index in [9.17, 15) is 9.59 Å². The number of nitrogens with zero attached hydrogens (tertiary/aromatic N) is 1. The summed E-state index contributed by atoms with van der Waals surface area (Å²) in [4.78, 5) is 23.2. The number of benzene rings is 2. The topological polar surface area (TPSA) is 91.2 Å². The van der Waals surface area contributed by atoms with Crippen LogP contribution in [0.25, 0.3) is 0 Å². The predicted octanol–water partition coefficient (Wildman–Crippen LogP) is 2.84. The maximum Gasteiger partial charge on any atom is 0.262 e. The van der Waals surface area contributed by atoms with E-state index in [1.807, 2.05) is 6.07 Å². The monoisotopic (exact) mass is 323 g/mol. The number of carbonyl (C=O) groups excluding carboxylic acids is 2. The molecule has 2 aromatic rings. The van der Waals surface area contributed by atoms with Crippen LogP contribution in [0.2, 0.25) is 0 Å². The van der Waals surface area contributed by atoms with Crippen molar-refractivity contribution in [1.29, 1.82) is 5.26 Å². The Morgan fingerprint density at radius 3 is 2.42 bits per heavy atom. The Kier molecular flexibility index (Phi) is 5.53. The van der Waals surface area contributed by atoms with Crippen LogP contribution in [0.3, 0.4) is 0 Å². The van der Waals surface area contributed by atoms with Gasteiger partial charge in [0.05, 0.1) is 5.56 Å². The van der Waals surface area contributed by atoms with Crippen LogP contribution < -0.4 is 15.4 Å². The Morgan fingerprint density at radius 2 is 1.75 bits per heavy atom. The van der Waals surface area contributed by atoms with Crippen LogP contribution in [0.15, 0.2) is 42.5 Å². The first-order valence-electron chi connectivity index (χ1n) is 7.30. The first-order valence-corrected chi connectivity index (χ1v) is 7.30. The van der Waals surface area contributed by atoms with E-state index < -0.39 is 0 Å². The lowest BCUT2D eigenvalue weighted by Crippen LogP contribution is -2.21. The number of para-hydroxylation sites is 1. The van der Waals surface area contributed by atoms with Gasteiger partial charge in [-0.25, -0.2) is 0 Å². The summed E-state index contributed by atoms with van der Waals surface area (Å²) in [5, 5.41) is 14.4. The standard InChI is InChI=1S/C18H17N3O3/c1-12-15(20-13(2)22)7-5-8-16(12)21-18(23)11-24-17-9-4-3-6-14(17)10-19/h3-9H,11H2,1-2H3,(H,20,22)(H,21,23). The number of amides is 2. The van der Waals surface area contributed by atoms with Crippen molar-refractivity contribution in [2.24, 2.45) is 0 Å². The maximum atomic E-state index is 12.1. The van der Waals surface area contributed by atoms with Gasteiger partial charge in [0, 0.05) is 18.3 Å². The molecule has 2 rings (SSSR count). The van der Waals surface area contributed by atoms with Gasteiger partial charge in [-0.15, -0.1) is 0 Å². The number of carbonyl (C=O) groups is 2. The van der Waals surface area contributed by atoms with Crippen molar-refractivity contribution in [3.63, 3.8) is 0 Å². The van der Waals surface area contributed by atoms with Gasteiger partial charge < -0.3 is 15.4 Å². The van der Waals surface area contributed by atoms with Crippen molar-refractivity contribution >= 4 is 23.2 Å². The fraction of sp³-hybridized carbons (Fsp3) is 0.167. The highest BCUT2D eigenvalue weighted by atomic mass is 16.5. The molecule has 0 radical (unpaired) electrons. The molecule has 0 saturated carbocycles. The number of hydrogen-bond donors (Lipinski definition) is 2. The lowest BCUT2D eigenvalue weighted by atomic mass is 10.1. The molecule has 0 bridgehead atoms. The number of nitrogens with one attached hydrogen (secondary N) is 2. The van der Waals surface area contributed by atoms with E-state index in [2.05, 4.69) is 10.6 Å². The van der Waals surface area contributed by atoms with Crippen LogP contribution in [0, 0.1) is 18.3 Å². The molecule has 2 N–H and O–H groups in total. The summed E-state index contributed by atoms with van der Waals surface area (Å²) in [6, 6.07) is 13.9. The fourth-order valence-corrected chi connectivity index (χ4v) is 2.11. The quantitative estimate of drug-likeness (QED) is 0.885. The maximum absolute atomic E-state index is 12.1. The van der Waals surface area contributed by atoms with E-state index in [0.717, 1.165) is 5.56 Å². The summed E-state index contributed by atoms with van der Waals surface area (Å²) in [6.45, 7) is 3.00. The second kappa shape index (κ2) is 7.79. The molecule has 0 aliphatic heterocycles. The largest absolute Gasteiger partial charge is 0.482 e. The summed E-state index contributed by atoms with van der Waals surface area (Å²) in [5.74, 6) is -0.178. The van der Waals surface area contributed by atoms with Crippen LogP contribution in [0.5, 0.6) is 5.75 Å². The Hall–Kier alpha value is -3.33. The molecule has 0 aliphatic carbocycles. The highest BCUT2D eigenvalue weighted by molar-refractivity contribution is 5.95. The van der Waals surface area contributed by atoms with Crippen LogP contribution in [0.1, 0.15) is 18.1 Å². The number of hydrogen-bond acceptors (Lipinski definition) is 4. The zero-order valence-electron chi connectivity index (χ0n) is 13.4. The van der Waals surface area contributed by atoms with Crippen molar-refractivity contribution in [3.8, 4) is 11.8 Å². The molecule has 6 heteroatoms. The molecule has 0 spiro atoms. The van der Waals surface area contributed by atoms with Gasteiger partial charge in [0.2, 0.25) is 5.91 Å². The van der Waals surface area contributed by atoms with E-state index >= 15 is 0 Å². The molecule has 0 atom stereocenters. The minimum Gasteiger partial charge on any atom is -0.482 e. The lowest BCUT2D eigenvalue weighted by Gasteiger charge is -2.13. The molecule has 0 aromatic heterocycles. The van der Waals surface area contributed by atoms with E-state index in [-0.39, 0.29) is 18.4 Å². The van der Waals surface area contributed by atoms with Crippen molar-refractivity contribution in [1.82, 2.24) is 0 Å². The number of ether oxygens (including phenoxy) is 1. The van der Waals surface area contributed by atoms with Crippen LogP contribution in [0.4, 0.5) is 11.4 Å². The smallest absolute Gasteiger partial charge is 0.262 e. The molecule has 0 fully saturated rings. The average molecular weight is 323 g/mol. The predicted molar refractivity (Wildman–Crippen MR) is 90.8 cm³/mol. The third kappa shape index (κ3) is 4.34. The molecule has 2 aromatic carbocycles. The summed E-state index contributed by atoms with van der Waals surface area (Å²) < 4.78 is 5.39. The zero-order chi connectivity index (χ0) is 17.5. The van der Waals surface area contributed by atoms with Crippen LogP contribution in [-0.2, 0) is 9.59 Å². The number of rotatable bonds is 5. The van der Waals surface area contributed by atoms with Crippen LogP contribution in [-0.4, -0.2) is 18.4 Å². The highest BCUT2D eigenvalue weighted by Crippen LogP contribution is 2.23. The number of nitriles is 1. The molecular weight excluding hydrogens is 306 g/mol. The lowest BCUT2D eigenvalue weighted by molar-refractivity contribution is -0.118. The van der Waals surface area contributed by atoms with E-state index in [1.54, 1.807) is 49.4 Å². The minimum absolute atomic E-state index is 0.182. The second-order valence-corrected chi connectivity index (χ2v) is 5.10. The van der Waals surface area contributed by atoms with E-state index in [4.69, 9.17) is 10.00 Å². The van der Waals surface area contributed by atoms with Gasteiger partial charge in [-0.05, 0) is 36.8 Å². The van der Waals surface area contributed by atoms with Crippen molar-refractivity contribution in [2.75, 3.05) is 17.2 Å². The first kappa shape index (κ1) is 17.0. The zero-order valence-corrected chi connectivity index (χ0v) is 13.4. The molecule has 122 valence electrons. The molecule has 0 heterocycles. The number of anilines is 2. The van der Waals surface area contributed by atoms with Gasteiger partial charge in [0.1, 0.15) is 11.8 Å². The van der Waals surface area contributed by atoms with E-state index in [1.165, 1.54) is 6.92 Å². The van der Waals surface area contributed by atoms with Gasteiger partial charge >= 0.3 is 0 Å². The summed E-state index contributed by atoms with van der Waals surface area (Å²) in [6.07, 6.45) is 0. The van der Waals surface area contributed by atoms with Crippen LogP contribution >= 0.6 is 0 Å². The Bertz CT molecular complexity index is 809. The van der Waals surface area contributed by atoms with E-state index in [0.29, 0.717) is 22.7 Å². The fourth-order valence-electron chi connectivity index (χ4n) is 2.11. The third-order valence-electron chi connectivity index (χ3n) is 3.28. The second-order valence-electron chi connectivity index (χ2n) is 5.10. The molecule has 24 heavy (non-hydrogen) atoms. The SMILES string of the molecule is CC(=O)Nc1cccc(NC(=O)COc2ccccc2C#N)c1C. The molecule has 0 saturated heterocycles. The summed E-state index contributed by atoms with van der Waals surface area (Å²) in [5.41, 5.74) is 2.34. The summed E-state index contributed by atoms with van der Waals surface area (Å²) >= 11 is 0. The minimum atomic E-state index is -0.356. The van der Waals surface area contributed by atoms with Gasteiger partial charge in [0.15, 0.2) is 6.61 Å². The van der Waals surface area contributed by atoms with Gasteiger partial charge in [-0.2, -0.15) is 5.26 Å². The third-order valence-corrected chi connectivity index (χ3v) is 3.28. The molecule has 6 nitrogen and oxygen atoms in total. The Balaban J connectivity index is 2.03. The molecule has 2 amide bonds. The molecular formula is C18H17N3O3. The van der Waals surface area contributed by atoms with Crippen molar-refractivity contribution in [3.05, 3.63) is 53.6 Å². The normalized spacial score (nSPS) is 9.71. The Morgan fingerprint density at radius 1 is 1.08 bits per heavy atom. The van der Waals surface area contributed by atoms with Gasteiger partial charge in [0.25, 0.3) is 5.91 Å². The highest BCUT2D eigenvalue weighted by Gasteiger charge is 2.10. The Labute approximate surface area is 140 Å².